The summed E-state index contributed by atoms with van der Waals surface area (Å²) in [4.78, 5) is 21.6. The van der Waals surface area contributed by atoms with Gasteiger partial charge in [-0.2, -0.15) is 0 Å². The zero-order valence-corrected chi connectivity index (χ0v) is 15.1. The van der Waals surface area contributed by atoms with Gasteiger partial charge in [-0.1, -0.05) is 66.7 Å². The molecule has 4 atom stereocenters. The highest BCUT2D eigenvalue weighted by atomic mass is 16.4. The molecule has 0 bridgehead atoms. The third-order valence-corrected chi connectivity index (χ3v) is 3.71. The van der Waals surface area contributed by atoms with E-state index < -0.39 is 31.0 Å². The van der Waals surface area contributed by atoms with Gasteiger partial charge in [-0.15, -0.1) is 0 Å². The molecule has 2 rings (SSSR count). The molecule has 0 amide bonds. The molecule has 0 fully saturated rings. The standard InChI is InChI=1S/C15H12O.C6H12O6/c16-15(14-9-5-2-6-10-14)12-11-13-7-3-1-4-8-13;7-1-3(9)5(11)6(12)4(10)2-8/h1-12H;1,3-6,8-12H,2H2/b12-11+;/t;3-,4?,5+,6+/m.0/s1. The SMILES string of the molecule is O=C(/C=C/c1ccccc1)c1ccccc1.O=C[C@H](O)[C@@H](O)[C@H](O)C(O)CO. The summed E-state index contributed by atoms with van der Waals surface area (Å²) < 4.78 is 0. The molecule has 7 nitrogen and oxygen atoms in total. The number of rotatable bonds is 8. The van der Waals surface area contributed by atoms with Crippen LogP contribution in [0.4, 0.5) is 0 Å². The van der Waals surface area contributed by atoms with E-state index in [0.29, 0.717) is 0 Å². The number of benzene rings is 2. The first-order valence-electron chi connectivity index (χ1n) is 8.51. The van der Waals surface area contributed by atoms with Crippen LogP contribution in [-0.2, 0) is 4.79 Å². The number of aliphatic hydroxyl groups is 5. The van der Waals surface area contributed by atoms with Gasteiger partial charge in [0.1, 0.15) is 24.4 Å². The predicted octanol–water partition coefficient (Wildman–Crippen LogP) is 0.204. The molecule has 0 aliphatic carbocycles. The van der Waals surface area contributed by atoms with Crippen molar-refractivity contribution in [3.63, 3.8) is 0 Å². The number of allylic oxidation sites excluding steroid dienone is 1. The molecule has 0 saturated carbocycles. The van der Waals surface area contributed by atoms with Crippen LogP contribution in [0, 0.1) is 0 Å². The number of hydrogen-bond donors (Lipinski definition) is 5. The molecule has 0 heterocycles. The predicted molar refractivity (Wildman–Crippen MR) is 103 cm³/mol. The molecule has 0 aliphatic heterocycles. The number of ketones is 1. The van der Waals surface area contributed by atoms with Crippen molar-refractivity contribution in [1.82, 2.24) is 0 Å². The van der Waals surface area contributed by atoms with Crippen LogP contribution in [0.1, 0.15) is 15.9 Å². The average molecular weight is 388 g/mol. The van der Waals surface area contributed by atoms with Gasteiger partial charge < -0.3 is 30.3 Å². The summed E-state index contributed by atoms with van der Waals surface area (Å²) in [6, 6.07) is 19.1. The number of aliphatic hydroxyl groups excluding tert-OH is 5. The van der Waals surface area contributed by atoms with Crippen molar-refractivity contribution in [2.24, 2.45) is 0 Å². The largest absolute Gasteiger partial charge is 0.394 e. The van der Waals surface area contributed by atoms with Gasteiger partial charge in [-0.25, -0.2) is 0 Å². The van der Waals surface area contributed by atoms with Gasteiger partial charge in [0.05, 0.1) is 6.61 Å². The Bertz CT molecular complexity index is 731. The first-order valence-corrected chi connectivity index (χ1v) is 8.51. The number of aldehydes is 1. The Morgan fingerprint density at radius 2 is 1.39 bits per heavy atom. The van der Waals surface area contributed by atoms with E-state index in [2.05, 4.69) is 0 Å². The van der Waals surface area contributed by atoms with Gasteiger partial charge in [-0.05, 0) is 11.6 Å². The molecule has 5 N–H and O–H groups in total. The molecule has 28 heavy (non-hydrogen) atoms. The summed E-state index contributed by atoms with van der Waals surface area (Å²) in [6.07, 6.45) is -3.41. The van der Waals surface area contributed by atoms with Crippen molar-refractivity contribution in [2.45, 2.75) is 24.4 Å². The fourth-order valence-electron chi connectivity index (χ4n) is 2.05. The van der Waals surface area contributed by atoms with Crippen molar-refractivity contribution < 1.29 is 35.1 Å². The zero-order chi connectivity index (χ0) is 20.9. The van der Waals surface area contributed by atoms with E-state index in [0.717, 1.165) is 11.1 Å². The molecule has 0 radical (unpaired) electrons. The van der Waals surface area contributed by atoms with Crippen molar-refractivity contribution >= 4 is 18.1 Å². The zero-order valence-electron chi connectivity index (χ0n) is 15.1. The smallest absolute Gasteiger partial charge is 0.185 e. The second kappa shape index (κ2) is 12.7. The first-order chi connectivity index (χ1) is 13.4. The Kier molecular flexibility index (Phi) is 10.6. The Morgan fingerprint density at radius 3 is 1.89 bits per heavy atom. The second-order valence-corrected chi connectivity index (χ2v) is 5.83. The minimum atomic E-state index is -1.79. The molecule has 0 saturated heterocycles. The van der Waals surface area contributed by atoms with E-state index in [1.54, 1.807) is 6.08 Å². The Balaban J connectivity index is 0.000000295. The Hall–Kier alpha value is -2.68. The molecule has 7 heteroatoms. The first kappa shape index (κ1) is 23.4. The number of carbonyl (C=O) groups is 2. The molecular weight excluding hydrogens is 364 g/mol. The molecule has 0 aromatic heterocycles. The summed E-state index contributed by atoms with van der Waals surface area (Å²) in [5, 5.41) is 43.5. The lowest BCUT2D eigenvalue weighted by Gasteiger charge is -2.22. The van der Waals surface area contributed by atoms with Crippen LogP contribution in [0.2, 0.25) is 0 Å². The van der Waals surface area contributed by atoms with Crippen LogP contribution in [0.15, 0.2) is 66.7 Å². The second-order valence-electron chi connectivity index (χ2n) is 5.83. The van der Waals surface area contributed by atoms with Crippen molar-refractivity contribution in [1.29, 1.82) is 0 Å². The van der Waals surface area contributed by atoms with Crippen LogP contribution in [0.3, 0.4) is 0 Å². The van der Waals surface area contributed by atoms with Crippen LogP contribution in [-0.4, -0.2) is 68.6 Å². The van der Waals surface area contributed by atoms with Crippen LogP contribution < -0.4 is 0 Å². The maximum Gasteiger partial charge on any atom is 0.185 e. The lowest BCUT2D eigenvalue weighted by Crippen LogP contribution is -2.46. The van der Waals surface area contributed by atoms with Crippen LogP contribution >= 0.6 is 0 Å². The Morgan fingerprint density at radius 1 is 0.857 bits per heavy atom. The van der Waals surface area contributed by atoms with E-state index >= 15 is 0 Å². The maximum atomic E-state index is 11.7. The van der Waals surface area contributed by atoms with E-state index in [1.807, 2.05) is 66.7 Å². The lowest BCUT2D eigenvalue weighted by atomic mass is 10.0. The maximum absolute atomic E-state index is 11.7. The third kappa shape index (κ3) is 7.91. The molecule has 150 valence electrons. The van der Waals surface area contributed by atoms with Crippen LogP contribution in [0.25, 0.3) is 6.08 Å². The highest BCUT2D eigenvalue weighted by molar-refractivity contribution is 6.06. The molecule has 0 aliphatic rings. The van der Waals surface area contributed by atoms with Gasteiger partial charge in [0, 0.05) is 5.56 Å². The summed E-state index contributed by atoms with van der Waals surface area (Å²) in [5.41, 5.74) is 1.75. The quantitative estimate of drug-likeness (QED) is 0.248. The van der Waals surface area contributed by atoms with Gasteiger partial charge in [0.15, 0.2) is 12.1 Å². The topological polar surface area (TPSA) is 135 Å². The monoisotopic (exact) mass is 388 g/mol. The third-order valence-electron chi connectivity index (χ3n) is 3.71. The molecular formula is C21H24O7. The Labute approximate surface area is 162 Å². The van der Waals surface area contributed by atoms with Crippen molar-refractivity contribution in [2.75, 3.05) is 6.61 Å². The molecule has 0 spiro atoms. The molecule has 1 unspecified atom stereocenters. The number of hydrogen-bond acceptors (Lipinski definition) is 7. The normalized spacial score (nSPS) is 15.0. The van der Waals surface area contributed by atoms with E-state index in [1.165, 1.54) is 0 Å². The van der Waals surface area contributed by atoms with Gasteiger partial charge >= 0.3 is 0 Å². The lowest BCUT2D eigenvalue weighted by molar-refractivity contribution is -0.136. The van der Waals surface area contributed by atoms with Crippen LogP contribution in [0.5, 0.6) is 0 Å². The van der Waals surface area contributed by atoms with Gasteiger partial charge in [0.25, 0.3) is 0 Å². The summed E-state index contributed by atoms with van der Waals surface area (Å²) in [5.74, 6) is 0.0319. The summed E-state index contributed by atoms with van der Waals surface area (Å²) in [6.45, 7) is -0.760. The summed E-state index contributed by atoms with van der Waals surface area (Å²) in [7, 11) is 0. The highest BCUT2D eigenvalue weighted by Crippen LogP contribution is 2.05. The fourth-order valence-corrected chi connectivity index (χ4v) is 2.05. The number of carbonyl (C=O) groups excluding carboxylic acids is 2. The van der Waals surface area contributed by atoms with Crippen molar-refractivity contribution in [3.05, 3.63) is 77.9 Å². The average Bonchev–Trinajstić information content (AvgIpc) is 2.77. The van der Waals surface area contributed by atoms with E-state index in [-0.39, 0.29) is 12.1 Å². The molecule has 2 aromatic carbocycles. The minimum Gasteiger partial charge on any atom is -0.394 e. The van der Waals surface area contributed by atoms with E-state index in [4.69, 9.17) is 25.5 Å². The van der Waals surface area contributed by atoms with Gasteiger partial charge in [0.2, 0.25) is 0 Å². The minimum absolute atomic E-state index is 0.0258. The fraction of sp³-hybridized carbons (Fsp3) is 0.238. The van der Waals surface area contributed by atoms with Gasteiger partial charge in [-0.3, -0.25) is 4.79 Å². The summed E-state index contributed by atoms with van der Waals surface area (Å²) >= 11 is 0. The molecule has 2 aromatic rings. The van der Waals surface area contributed by atoms with E-state index in [9.17, 15) is 9.59 Å². The highest BCUT2D eigenvalue weighted by Gasteiger charge is 2.29. The van der Waals surface area contributed by atoms with Crippen molar-refractivity contribution in [3.8, 4) is 0 Å².